The monoisotopic (exact) mass is 617 g/mol. The lowest BCUT2D eigenvalue weighted by Gasteiger charge is -2.26. The van der Waals surface area contributed by atoms with E-state index in [1.165, 1.54) is 63.6 Å². The van der Waals surface area contributed by atoms with Gasteiger partial charge in [0.2, 0.25) is 0 Å². The molecule has 0 radical (unpaired) electrons. The summed E-state index contributed by atoms with van der Waals surface area (Å²) in [4.78, 5) is 2.38. The average molecular weight is 618 g/mol. The largest absolute Gasteiger partial charge is 0.455 e. The van der Waals surface area contributed by atoms with Gasteiger partial charge in [-0.15, -0.1) is 11.3 Å². The lowest BCUT2D eigenvalue weighted by molar-refractivity contribution is 0.673. The first-order valence-corrected chi connectivity index (χ1v) is 16.7. The molecular formula is C44H27NOS. The topological polar surface area (TPSA) is 16.4 Å². The molecule has 0 bridgehead atoms. The first kappa shape index (κ1) is 26.3. The highest BCUT2D eigenvalue weighted by Gasteiger charge is 2.21. The number of fused-ring (bicyclic) bond motifs is 10. The highest BCUT2D eigenvalue weighted by atomic mass is 32.1. The Balaban J connectivity index is 1.16. The fraction of sp³-hybridized carbons (Fsp3) is 0. The molecule has 0 aliphatic heterocycles. The summed E-state index contributed by atoms with van der Waals surface area (Å²) >= 11 is 1.83. The van der Waals surface area contributed by atoms with Crippen LogP contribution in [-0.2, 0) is 0 Å². The summed E-state index contributed by atoms with van der Waals surface area (Å²) in [6, 6.07) is 58.9. The normalized spacial score (nSPS) is 11.8. The molecule has 0 saturated carbocycles. The zero-order valence-corrected chi connectivity index (χ0v) is 26.2. The van der Waals surface area contributed by atoms with E-state index in [9.17, 15) is 0 Å². The van der Waals surface area contributed by atoms with Crippen LogP contribution in [0.4, 0.5) is 17.1 Å². The maximum Gasteiger partial charge on any atom is 0.144 e. The maximum atomic E-state index is 6.68. The highest BCUT2D eigenvalue weighted by Crippen LogP contribution is 2.48. The van der Waals surface area contributed by atoms with Gasteiger partial charge in [0.25, 0.3) is 0 Å². The molecule has 2 aromatic heterocycles. The van der Waals surface area contributed by atoms with Gasteiger partial charge in [-0.05, 0) is 87.3 Å². The smallest absolute Gasteiger partial charge is 0.144 e. The molecule has 2 nitrogen and oxygen atoms in total. The Morgan fingerprint density at radius 3 is 2.02 bits per heavy atom. The summed E-state index contributed by atoms with van der Waals surface area (Å²) in [5, 5.41) is 9.72. The van der Waals surface area contributed by atoms with Crippen LogP contribution in [0.1, 0.15) is 0 Å². The van der Waals surface area contributed by atoms with E-state index >= 15 is 0 Å². The SMILES string of the molecule is c1ccc(N(c2ccc(-c3ccc4ccccc4c3)cc2)c2cccc3c2sc2ccc4c(oc5ccc6ccccc6c54)c23)cc1. The van der Waals surface area contributed by atoms with Crippen molar-refractivity contribution >= 4 is 92.1 Å². The number of nitrogens with zero attached hydrogens (tertiary/aromatic N) is 1. The number of hydrogen-bond donors (Lipinski definition) is 0. The minimum atomic E-state index is 0.930. The molecule has 0 aliphatic carbocycles. The summed E-state index contributed by atoms with van der Waals surface area (Å²) in [7, 11) is 0. The van der Waals surface area contributed by atoms with Gasteiger partial charge in [0.1, 0.15) is 11.2 Å². The molecule has 10 rings (SSSR count). The lowest BCUT2D eigenvalue weighted by atomic mass is 10.0. The van der Waals surface area contributed by atoms with E-state index in [1.807, 2.05) is 11.3 Å². The van der Waals surface area contributed by atoms with Crippen LogP contribution in [0, 0.1) is 0 Å². The fourth-order valence-corrected chi connectivity index (χ4v) is 8.43. The first-order chi connectivity index (χ1) is 23.3. The molecule has 220 valence electrons. The van der Waals surface area contributed by atoms with Crippen LogP contribution in [0.25, 0.3) is 74.8 Å². The Labute approximate surface area is 275 Å². The second-order valence-corrected chi connectivity index (χ2v) is 13.2. The number of anilines is 3. The Morgan fingerprint density at radius 2 is 1.15 bits per heavy atom. The van der Waals surface area contributed by atoms with Crippen molar-refractivity contribution in [2.24, 2.45) is 0 Å². The first-order valence-electron chi connectivity index (χ1n) is 15.9. The summed E-state index contributed by atoms with van der Waals surface area (Å²) in [6.07, 6.45) is 0. The van der Waals surface area contributed by atoms with Gasteiger partial charge < -0.3 is 9.32 Å². The molecule has 0 unspecified atom stereocenters. The van der Waals surface area contributed by atoms with Crippen molar-refractivity contribution in [3.8, 4) is 11.1 Å². The van der Waals surface area contributed by atoms with Gasteiger partial charge in [-0.25, -0.2) is 0 Å². The Hall–Kier alpha value is -5.90. The molecule has 0 fully saturated rings. The van der Waals surface area contributed by atoms with Crippen LogP contribution in [0.5, 0.6) is 0 Å². The number of para-hydroxylation sites is 1. The average Bonchev–Trinajstić information content (AvgIpc) is 3.71. The molecule has 0 aliphatic rings. The van der Waals surface area contributed by atoms with Crippen LogP contribution < -0.4 is 4.90 Å². The second-order valence-electron chi connectivity index (χ2n) is 12.1. The van der Waals surface area contributed by atoms with Crippen molar-refractivity contribution in [1.82, 2.24) is 0 Å². The second kappa shape index (κ2) is 10.3. The van der Waals surface area contributed by atoms with Gasteiger partial charge in [0.05, 0.1) is 10.4 Å². The predicted molar refractivity (Wildman–Crippen MR) is 202 cm³/mol. The predicted octanol–water partition coefficient (Wildman–Crippen LogP) is 13.4. The summed E-state index contributed by atoms with van der Waals surface area (Å²) < 4.78 is 9.15. The Bertz CT molecular complexity index is 2790. The van der Waals surface area contributed by atoms with Crippen molar-refractivity contribution < 1.29 is 4.42 Å². The number of thiophene rings is 1. The van der Waals surface area contributed by atoms with Gasteiger partial charge in [0.15, 0.2) is 0 Å². The lowest BCUT2D eigenvalue weighted by Crippen LogP contribution is -2.09. The maximum absolute atomic E-state index is 6.68. The molecule has 0 atom stereocenters. The molecule has 0 N–H and O–H groups in total. The minimum absolute atomic E-state index is 0.930. The van der Waals surface area contributed by atoms with E-state index in [4.69, 9.17) is 4.42 Å². The van der Waals surface area contributed by atoms with Crippen molar-refractivity contribution in [2.75, 3.05) is 4.90 Å². The Kier molecular flexibility index (Phi) is 5.78. The zero-order valence-electron chi connectivity index (χ0n) is 25.4. The van der Waals surface area contributed by atoms with Crippen LogP contribution in [0.3, 0.4) is 0 Å². The fourth-order valence-electron chi connectivity index (χ4n) is 7.22. The molecule has 10 aromatic rings. The van der Waals surface area contributed by atoms with E-state index in [-0.39, 0.29) is 0 Å². The van der Waals surface area contributed by atoms with Crippen LogP contribution in [-0.4, -0.2) is 0 Å². The van der Waals surface area contributed by atoms with E-state index in [0.29, 0.717) is 0 Å². The van der Waals surface area contributed by atoms with E-state index < -0.39 is 0 Å². The summed E-state index contributed by atoms with van der Waals surface area (Å²) in [5.41, 5.74) is 7.70. The van der Waals surface area contributed by atoms with Crippen molar-refractivity contribution in [3.05, 3.63) is 164 Å². The van der Waals surface area contributed by atoms with Crippen molar-refractivity contribution in [1.29, 1.82) is 0 Å². The van der Waals surface area contributed by atoms with Gasteiger partial charge >= 0.3 is 0 Å². The Morgan fingerprint density at radius 1 is 0.447 bits per heavy atom. The molecule has 8 aromatic carbocycles. The third-order valence-corrected chi connectivity index (χ3v) is 10.6. The van der Waals surface area contributed by atoms with E-state index in [0.717, 1.165) is 28.2 Å². The van der Waals surface area contributed by atoms with Gasteiger partial charge in [-0.3, -0.25) is 0 Å². The number of furan rings is 1. The third-order valence-electron chi connectivity index (χ3n) is 9.43. The minimum Gasteiger partial charge on any atom is -0.455 e. The highest BCUT2D eigenvalue weighted by molar-refractivity contribution is 7.26. The summed E-state index contributed by atoms with van der Waals surface area (Å²) in [5.74, 6) is 0. The van der Waals surface area contributed by atoms with Gasteiger partial charge in [-0.1, -0.05) is 109 Å². The van der Waals surface area contributed by atoms with Gasteiger partial charge in [0, 0.05) is 37.6 Å². The molecule has 0 saturated heterocycles. The molecule has 0 spiro atoms. The van der Waals surface area contributed by atoms with E-state index in [1.54, 1.807) is 0 Å². The molecule has 0 amide bonds. The number of rotatable bonds is 4. The molecular weight excluding hydrogens is 591 g/mol. The summed E-state index contributed by atoms with van der Waals surface area (Å²) in [6.45, 7) is 0. The van der Waals surface area contributed by atoms with Gasteiger partial charge in [-0.2, -0.15) is 0 Å². The number of hydrogen-bond acceptors (Lipinski definition) is 3. The van der Waals surface area contributed by atoms with Crippen LogP contribution >= 0.6 is 11.3 Å². The quantitative estimate of drug-likeness (QED) is 0.195. The number of benzene rings is 8. The third kappa shape index (κ3) is 4.10. The van der Waals surface area contributed by atoms with Crippen LogP contribution in [0.2, 0.25) is 0 Å². The standard InChI is InChI=1S/C44H27NOS/c1-2-12-33(13-3-1)45(34-22-19-29(20-23-34)32-18-17-28-9-4-5-11-31(28)27-32)38-16-8-15-37-42-40(47-44(37)38)26-24-36-41-35-14-7-6-10-30(35)21-25-39(41)46-43(36)42/h1-27H. The molecule has 47 heavy (non-hydrogen) atoms. The van der Waals surface area contributed by atoms with E-state index in [2.05, 4.69) is 169 Å². The van der Waals surface area contributed by atoms with Crippen LogP contribution in [0.15, 0.2) is 168 Å². The zero-order chi connectivity index (χ0) is 30.9. The molecule has 3 heteroatoms. The molecule has 2 heterocycles. The van der Waals surface area contributed by atoms with Crippen molar-refractivity contribution in [2.45, 2.75) is 0 Å². The van der Waals surface area contributed by atoms with Crippen molar-refractivity contribution in [3.63, 3.8) is 0 Å².